The first kappa shape index (κ1) is 12.4. The first-order valence-corrected chi connectivity index (χ1v) is 6.71. The average Bonchev–Trinajstić information content (AvgIpc) is 2.85. The molecule has 3 heteroatoms. The third kappa shape index (κ3) is 1.96. The highest BCUT2D eigenvalue weighted by Gasteiger charge is 2.13. The Morgan fingerprint density at radius 3 is 2.55 bits per heavy atom. The first-order valence-electron chi connectivity index (χ1n) is 6.71. The Kier molecular flexibility index (Phi) is 3.00. The molecule has 0 saturated heterocycles. The summed E-state index contributed by atoms with van der Waals surface area (Å²) in [6.45, 7) is 4.14. The summed E-state index contributed by atoms with van der Waals surface area (Å²) in [6.07, 6.45) is 2.96. The number of aryl methyl sites for hydroxylation is 2. The fraction of sp³-hybridized carbons (Fsp3) is 0.176. The highest BCUT2D eigenvalue weighted by molar-refractivity contribution is 5.69. The molecule has 0 N–H and O–H groups in total. The molecule has 98 valence electrons. The zero-order chi connectivity index (χ0) is 14.1. The molecule has 3 nitrogen and oxygen atoms in total. The number of benzene rings is 1. The second-order valence-corrected chi connectivity index (χ2v) is 4.91. The van der Waals surface area contributed by atoms with Crippen molar-refractivity contribution < 1.29 is 0 Å². The van der Waals surface area contributed by atoms with Crippen molar-refractivity contribution in [2.75, 3.05) is 0 Å². The zero-order valence-corrected chi connectivity index (χ0v) is 11.6. The van der Waals surface area contributed by atoms with Crippen LogP contribution < -0.4 is 0 Å². The number of hydrogen-bond acceptors (Lipinski definition) is 2. The van der Waals surface area contributed by atoms with Gasteiger partial charge >= 0.3 is 0 Å². The van der Waals surface area contributed by atoms with E-state index in [2.05, 4.69) is 30.1 Å². The number of hydrogen-bond donors (Lipinski definition) is 0. The van der Waals surface area contributed by atoms with Crippen molar-refractivity contribution in [3.8, 4) is 17.3 Å². The fourth-order valence-corrected chi connectivity index (χ4v) is 2.36. The van der Waals surface area contributed by atoms with Crippen molar-refractivity contribution >= 4 is 5.65 Å². The minimum atomic E-state index is 0.591. The second kappa shape index (κ2) is 4.82. The molecular weight excluding hydrogens is 246 g/mol. The highest BCUT2D eigenvalue weighted by atomic mass is 15.0. The number of pyridine rings is 1. The normalized spacial score (nSPS) is 10.7. The van der Waals surface area contributed by atoms with Gasteiger partial charge in [0.05, 0.1) is 0 Å². The summed E-state index contributed by atoms with van der Waals surface area (Å²) >= 11 is 0. The van der Waals surface area contributed by atoms with Crippen LogP contribution in [-0.4, -0.2) is 9.38 Å². The Labute approximate surface area is 118 Å². The third-order valence-corrected chi connectivity index (χ3v) is 3.51. The van der Waals surface area contributed by atoms with Crippen LogP contribution in [-0.2, 0) is 6.42 Å². The summed E-state index contributed by atoms with van der Waals surface area (Å²) in [5.41, 5.74) is 5.53. The first-order chi connectivity index (χ1) is 9.72. The van der Waals surface area contributed by atoms with Crippen LogP contribution in [0.5, 0.6) is 0 Å². The summed E-state index contributed by atoms with van der Waals surface area (Å²) in [5, 5.41) is 9.45. The molecule has 3 aromatic rings. The Bertz CT molecular complexity index is 805. The second-order valence-electron chi connectivity index (χ2n) is 4.91. The van der Waals surface area contributed by atoms with Gasteiger partial charge in [0, 0.05) is 11.8 Å². The van der Waals surface area contributed by atoms with Crippen LogP contribution in [0.2, 0.25) is 0 Å². The van der Waals surface area contributed by atoms with Crippen molar-refractivity contribution in [1.29, 1.82) is 5.26 Å². The zero-order valence-electron chi connectivity index (χ0n) is 11.6. The Hall–Kier alpha value is -2.60. The predicted molar refractivity (Wildman–Crippen MR) is 79.5 cm³/mol. The van der Waals surface area contributed by atoms with Crippen LogP contribution in [0.4, 0.5) is 0 Å². The fourth-order valence-electron chi connectivity index (χ4n) is 2.36. The highest BCUT2D eigenvalue weighted by Crippen LogP contribution is 2.24. The summed E-state index contributed by atoms with van der Waals surface area (Å²) in [4.78, 5) is 4.59. The molecule has 0 aliphatic rings. The summed E-state index contributed by atoms with van der Waals surface area (Å²) < 4.78 is 1.86. The average molecular weight is 261 g/mol. The van der Waals surface area contributed by atoms with E-state index in [-0.39, 0.29) is 0 Å². The lowest BCUT2D eigenvalue weighted by atomic mass is 10.1. The minimum Gasteiger partial charge on any atom is -0.290 e. The van der Waals surface area contributed by atoms with E-state index in [9.17, 15) is 5.26 Å². The van der Waals surface area contributed by atoms with E-state index in [0.717, 1.165) is 28.9 Å². The molecule has 0 atom stereocenters. The number of imidazole rings is 1. The van der Waals surface area contributed by atoms with E-state index in [0.29, 0.717) is 5.69 Å². The smallest absolute Gasteiger partial charge is 0.152 e. The molecule has 0 aliphatic carbocycles. The van der Waals surface area contributed by atoms with Gasteiger partial charge < -0.3 is 0 Å². The molecule has 0 radical (unpaired) electrons. The molecule has 0 saturated carbocycles. The van der Waals surface area contributed by atoms with Gasteiger partial charge in [-0.05, 0) is 30.5 Å². The SMILES string of the molecule is CCc1ccc(-c2nc3ccc(C)cn3c2C#N)cc1. The molecule has 2 aromatic heterocycles. The predicted octanol–water partition coefficient (Wildman–Crippen LogP) is 3.74. The third-order valence-electron chi connectivity index (χ3n) is 3.51. The van der Waals surface area contributed by atoms with Crippen molar-refractivity contribution in [3.05, 3.63) is 59.4 Å². The molecule has 3 rings (SSSR count). The lowest BCUT2D eigenvalue weighted by molar-refractivity contribution is 1.13. The van der Waals surface area contributed by atoms with Crippen LogP contribution in [0.15, 0.2) is 42.6 Å². The van der Waals surface area contributed by atoms with E-state index in [1.807, 2.05) is 41.8 Å². The van der Waals surface area contributed by atoms with E-state index in [1.54, 1.807) is 0 Å². The molecule has 1 aromatic carbocycles. The number of nitrogens with zero attached hydrogens (tertiary/aromatic N) is 3. The Balaban J connectivity index is 2.22. The van der Waals surface area contributed by atoms with Crippen LogP contribution >= 0.6 is 0 Å². The lowest BCUT2D eigenvalue weighted by Gasteiger charge is -2.00. The molecule has 0 unspecified atom stereocenters. The minimum absolute atomic E-state index is 0.591. The molecule has 2 heterocycles. The summed E-state index contributed by atoms with van der Waals surface area (Å²) in [5.74, 6) is 0. The van der Waals surface area contributed by atoms with Gasteiger partial charge in [0.2, 0.25) is 0 Å². The van der Waals surface area contributed by atoms with Gasteiger partial charge in [0.25, 0.3) is 0 Å². The van der Waals surface area contributed by atoms with Gasteiger partial charge in [-0.2, -0.15) is 5.26 Å². The van der Waals surface area contributed by atoms with Gasteiger partial charge in [-0.3, -0.25) is 4.40 Å². The Morgan fingerprint density at radius 1 is 1.15 bits per heavy atom. The van der Waals surface area contributed by atoms with Crippen LogP contribution in [0.25, 0.3) is 16.9 Å². The van der Waals surface area contributed by atoms with Crippen molar-refractivity contribution in [2.24, 2.45) is 0 Å². The topological polar surface area (TPSA) is 41.1 Å². The maximum atomic E-state index is 9.45. The maximum Gasteiger partial charge on any atom is 0.152 e. The van der Waals surface area contributed by atoms with E-state index in [4.69, 9.17) is 0 Å². The monoisotopic (exact) mass is 261 g/mol. The van der Waals surface area contributed by atoms with Crippen molar-refractivity contribution in [3.63, 3.8) is 0 Å². The number of aromatic nitrogens is 2. The largest absolute Gasteiger partial charge is 0.290 e. The van der Waals surface area contributed by atoms with Gasteiger partial charge in [-0.25, -0.2) is 4.98 Å². The quantitative estimate of drug-likeness (QED) is 0.705. The van der Waals surface area contributed by atoms with E-state index < -0.39 is 0 Å². The van der Waals surface area contributed by atoms with Crippen LogP contribution in [0.3, 0.4) is 0 Å². The molecule has 0 fully saturated rings. The van der Waals surface area contributed by atoms with Gasteiger partial charge in [-0.15, -0.1) is 0 Å². The number of nitriles is 1. The molecule has 0 aliphatic heterocycles. The van der Waals surface area contributed by atoms with Gasteiger partial charge in [0.1, 0.15) is 17.4 Å². The van der Waals surface area contributed by atoms with E-state index in [1.165, 1.54) is 5.56 Å². The van der Waals surface area contributed by atoms with Crippen molar-refractivity contribution in [2.45, 2.75) is 20.3 Å². The Morgan fingerprint density at radius 2 is 1.90 bits per heavy atom. The maximum absolute atomic E-state index is 9.45. The summed E-state index contributed by atoms with van der Waals surface area (Å²) in [7, 11) is 0. The summed E-state index contributed by atoms with van der Waals surface area (Å²) in [6, 6.07) is 14.5. The molecule has 0 amide bonds. The van der Waals surface area contributed by atoms with Gasteiger partial charge in [0.15, 0.2) is 5.69 Å². The number of fused-ring (bicyclic) bond motifs is 1. The van der Waals surface area contributed by atoms with Gasteiger partial charge in [-0.1, -0.05) is 37.3 Å². The van der Waals surface area contributed by atoms with Crippen LogP contribution in [0.1, 0.15) is 23.7 Å². The standard InChI is InChI=1S/C17H15N3/c1-3-13-5-7-14(8-6-13)17-15(10-18)20-11-12(2)4-9-16(20)19-17/h4-9,11H,3H2,1-2H3. The molecule has 0 spiro atoms. The molecule has 0 bridgehead atoms. The van der Waals surface area contributed by atoms with Crippen LogP contribution in [0, 0.1) is 18.3 Å². The molecular formula is C17H15N3. The molecule has 20 heavy (non-hydrogen) atoms. The van der Waals surface area contributed by atoms with Crippen molar-refractivity contribution in [1.82, 2.24) is 9.38 Å². The lowest BCUT2D eigenvalue weighted by Crippen LogP contribution is -1.90. The van der Waals surface area contributed by atoms with E-state index >= 15 is 0 Å². The number of rotatable bonds is 2.